The van der Waals surface area contributed by atoms with Crippen molar-refractivity contribution in [1.29, 1.82) is 0 Å². The predicted molar refractivity (Wildman–Crippen MR) is 137 cm³/mol. The summed E-state index contributed by atoms with van der Waals surface area (Å²) >= 11 is 1.56. The number of benzene rings is 2. The largest absolute Gasteiger partial charge is 0.494 e. The van der Waals surface area contributed by atoms with E-state index in [1.54, 1.807) is 30.4 Å². The third-order valence-electron chi connectivity index (χ3n) is 5.97. The summed E-state index contributed by atoms with van der Waals surface area (Å²) in [5, 5.41) is 0.637. The number of esters is 1. The maximum atomic E-state index is 13.1. The summed E-state index contributed by atoms with van der Waals surface area (Å²) in [6.07, 6.45) is 0.187. The maximum Gasteiger partial charge on any atom is 0.416 e. The number of fused-ring (bicyclic) bond motifs is 1. The van der Waals surface area contributed by atoms with Gasteiger partial charge in [0.25, 0.3) is 0 Å². The van der Waals surface area contributed by atoms with Gasteiger partial charge < -0.3 is 14.2 Å². The van der Waals surface area contributed by atoms with E-state index in [0.29, 0.717) is 24.3 Å². The molecule has 0 spiro atoms. The number of unbranched alkanes of at least 4 members (excludes halogenated alkanes) is 1. The van der Waals surface area contributed by atoms with Crippen molar-refractivity contribution in [3.63, 3.8) is 0 Å². The van der Waals surface area contributed by atoms with E-state index in [2.05, 4.69) is 6.92 Å². The molecule has 8 heteroatoms. The maximum absolute atomic E-state index is 13.1. The Morgan fingerprint density at radius 1 is 1.00 bits per heavy atom. The van der Waals surface area contributed by atoms with E-state index in [9.17, 15) is 18.0 Å². The Bertz CT molecular complexity index is 1140. The van der Waals surface area contributed by atoms with Crippen molar-refractivity contribution in [3.8, 4) is 11.5 Å². The van der Waals surface area contributed by atoms with E-state index in [-0.39, 0.29) is 12.5 Å². The molecule has 0 saturated carbocycles. The smallest absolute Gasteiger partial charge is 0.416 e. The number of carbonyl (C=O) groups is 1. The Kier molecular flexibility index (Phi) is 10.0. The van der Waals surface area contributed by atoms with Gasteiger partial charge in [0.15, 0.2) is 6.61 Å². The van der Waals surface area contributed by atoms with Gasteiger partial charge in [0, 0.05) is 9.58 Å². The number of aryl methyl sites for hydroxylation is 1. The Balaban J connectivity index is 1.66. The van der Waals surface area contributed by atoms with Crippen LogP contribution in [0.25, 0.3) is 10.1 Å². The lowest BCUT2D eigenvalue weighted by Crippen LogP contribution is -2.15. The summed E-state index contributed by atoms with van der Waals surface area (Å²) in [5.74, 6) is 1.15. The highest BCUT2D eigenvalue weighted by Crippen LogP contribution is 2.38. The first kappa shape index (κ1) is 27.8. The molecule has 36 heavy (non-hydrogen) atoms. The number of alkyl halides is 3. The van der Waals surface area contributed by atoms with Crippen molar-refractivity contribution in [3.05, 3.63) is 58.5 Å². The molecule has 1 unspecified atom stereocenters. The molecule has 0 radical (unpaired) electrons. The number of ether oxygens (including phenoxy) is 3. The van der Waals surface area contributed by atoms with Crippen LogP contribution in [0.2, 0.25) is 0 Å². The van der Waals surface area contributed by atoms with Crippen LogP contribution in [0.3, 0.4) is 0 Å². The highest BCUT2D eigenvalue weighted by Gasteiger charge is 2.30. The van der Waals surface area contributed by atoms with Gasteiger partial charge in [-0.05, 0) is 85.5 Å². The van der Waals surface area contributed by atoms with Gasteiger partial charge in [-0.15, -0.1) is 11.3 Å². The highest BCUT2D eigenvalue weighted by atomic mass is 32.1. The molecule has 0 aliphatic heterocycles. The van der Waals surface area contributed by atoms with Crippen LogP contribution < -0.4 is 9.47 Å². The SMILES string of the molecule is CCCCC(CCOc1ccc(OCC(=O)OCC)c(CC)c1)c1cc2cc(C(F)(F)F)ccc2s1. The molecule has 1 atom stereocenters. The monoisotopic (exact) mass is 522 g/mol. The molecule has 0 fully saturated rings. The second-order valence-electron chi connectivity index (χ2n) is 8.59. The van der Waals surface area contributed by atoms with E-state index >= 15 is 0 Å². The summed E-state index contributed by atoms with van der Waals surface area (Å²) < 4.78 is 56.8. The molecule has 3 rings (SSSR count). The minimum absolute atomic E-state index is 0.139. The second kappa shape index (κ2) is 13.0. The van der Waals surface area contributed by atoms with Crippen LogP contribution in [0, 0.1) is 0 Å². The van der Waals surface area contributed by atoms with Gasteiger partial charge in [-0.2, -0.15) is 13.2 Å². The lowest BCUT2D eigenvalue weighted by Gasteiger charge is -2.17. The van der Waals surface area contributed by atoms with Gasteiger partial charge in [-0.25, -0.2) is 4.79 Å². The highest BCUT2D eigenvalue weighted by molar-refractivity contribution is 7.19. The van der Waals surface area contributed by atoms with Crippen molar-refractivity contribution in [2.75, 3.05) is 19.8 Å². The Hall–Kier alpha value is -2.74. The van der Waals surface area contributed by atoms with E-state index < -0.39 is 17.7 Å². The van der Waals surface area contributed by atoms with Crippen LogP contribution >= 0.6 is 11.3 Å². The Morgan fingerprint density at radius 3 is 2.50 bits per heavy atom. The average Bonchev–Trinajstić information content (AvgIpc) is 3.28. The number of thiophene rings is 1. The molecule has 2 aromatic carbocycles. The molecule has 4 nitrogen and oxygen atoms in total. The topological polar surface area (TPSA) is 44.8 Å². The molecule has 0 aliphatic carbocycles. The number of hydrogen-bond donors (Lipinski definition) is 0. The van der Waals surface area contributed by atoms with Gasteiger partial charge >= 0.3 is 12.1 Å². The van der Waals surface area contributed by atoms with Gasteiger partial charge in [-0.1, -0.05) is 26.7 Å². The number of hydrogen-bond acceptors (Lipinski definition) is 5. The zero-order chi connectivity index (χ0) is 26.1. The third-order valence-corrected chi connectivity index (χ3v) is 7.25. The zero-order valence-electron chi connectivity index (χ0n) is 21.0. The van der Waals surface area contributed by atoms with Crippen molar-refractivity contribution >= 4 is 27.4 Å². The number of carbonyl (C=O) groups excluding carboxylic acids is 1. The first-order chi connectivity index (χ1) is 17.2. The average molecular weight is 523 g/mol. The van der Waals surface area contributed by atoms with Crippen LogP contribution in [0.15, 0.2) is 42.5 Å². The van der Waals surface area contributed by atoms with Gasteiger partial charge in [0.1, 0.15) is 11.5 Å². The fourth-order valence-corrected chi connectivity index (χ4v) is 5.26. The summed E-state index contributed by atoms with van der Waals surface area (Å²) in [7, 11) is 0. The molecule has 196 valence electrons. The summed E-state index contributed by atoms with van der Waals surface area (Å²) in [5.41, 5.74) is 0.318. The van der Waals surface area contributed by atoms with Crippen molar-refractivity contribution in [2.45, 2.75) is 65.0 Å². The first-order valence-corrected chi connectivity index (χ1v) is 13.2. The van der Waals surface area contributed by atoms with E-state index in [0.717, 1.165) is 59.1 Å². The lowest BCUT2D eigenvalue weighted by molar-refractivity contribution is -0.145. The van der Waals surface area contributed by atoms with Crippen LogP contribution in [0.4, 0.5) is 13.2 Å². The fraction of sp³-hybridized carbons (Fsp3) is 0.464. The molecular weight excluding hydrogens is 489 g/mol. The quantitative estimate of drug-likeness (QED) is 0.212. The van der Waals surface area contributed by atoms with Gasteiger partial charge in [0.2, 0.25) is 0 Å². The van der Waals surface area contributed by atoms with E-state index in [1.165, 1.54) is 6.07 Å². The van der Waals surface area contributed by atoms with Crippen LogP contribution in [-0.4, -0.2) is 25.8 Å². The zero-order valence-corrected chi connectivity index (χ0v) is 21.8. The van der Waals surface area contributed by atoms with Crippen LogP contribution in [0.5, 0.6) is 11.5 Å². The van der Waals surface area contributed by atoms with Gasteiger partial charge in [0.05, 0.1) is 18.8 Å². The minimum Gasteiger partial charge on any atom is -0.494 e. The Labute approximate surface area is 214 Å². The molecule has 0 bridgehead atoms. The summed E-state index contributed by atoms with van der Waals surface area (Å²) in [6.45, 7) is 6.54. The molecule has 1 aromatic heterocycles. The van der Waals surface area contributed by atoms with Crippen molar-refractivity contribution in [2.24, 2.45) is 0 Å². The van der Waals surface area contributed by atoms with Crippen LogP contribution in [0.1, 0.15) is 68.4 Å². The van der Waals surface area contributed by atoms with Crippen molar-refractivity contribution in [1.82, 2.24) is 0 Å². The normalized spacial score (nSPS) is 12.5. The summed E-state index contributed by atoms with van der Waals surface area (Å²) in [6, 6.07) is 11.4. The standard InChI is InChI=1S/C28H33F3O4S/c1-4-7-8-20(26-17-21-15-22(28(29,30)31)9-12-25(21)36-26)13-14-34-23-10-11-24(19(5-2)16-23)35-18-27(32)33-6-3/h9-12,15-17,20H,4-8,13-14,18H2,1-3H3. The fourth-order valence-electron chi connectivity index (χ4n) is 4.04. The minimum atomic E-state index is -4.34. The lowest BCUT2D eigenvalue weighted by atomic mass is 9.96. The Morgan fingerprint density at radius 2 is 1.81 bits per heavy atom. The predicted octanol–water partition coefficient (Wildman–Crippen LogP) is 8.17. The molecular formula is C28H33F3O4S. The molecule has 0 saturated heterocycles. The van der Waals surface area contributed by atoms with Crippen LogP contribution in [-0.2, 0) is 22.1 Å². The third kappa shape index (κ3) is 7.63. The molecule has 0 amide bonds. The van der Waals surface area contributed by atoms with E-state index in [1.807, 2.05) is 25.1 Å². The van der Waals surface area contributed by atoms with Gasteiger partial charge in [-0.3, -0.25) is 0 Å². The number of rotatable bonds is 13. The molecule has 1 heterocycles. The van der Waals surface area contributed by atoms with E-state index in [4.69, 9.17) is 14.2 Å². The second-order valence-corrected chi connectivity index (χ2v) is 9.71. The van der Waals surface area contributed by atoms with Crippen molar-refractivity contribution < 1.29 is 32.2 Å². The molecule has 0 N–H and O–H groups in total. The summed E-state index contributed by atoms with van der Waals surface area (Å²) in [4.78, 5) is 12.7. The molecule has 0 aliphatic rings. The number of halogens is 3. The first-order valence-electron chi connectivity index (χ1n) is 12.4. The molecule has 3 aromatic rings.